The van der Waals surface area contributed by atoms with E-state index in [0.29, 0.717) is 5.92 Å². The minimum absolute atomic E-state index is 0.133. The van der Waals surface area contributed by atoms with Crippen LogP contribution in [0, 0.1) is 5.92 Å². The van der Waals surface area contributed by atoms with Crippen molar-refractivity contribution in [2.75, 3.05) is 0 Å². The summed E-state index contributed by atoms with van der Waals surface area (Å²) in [4.78, 5) is 0. The minimum atomic E-state index is 0.133. The Labute approximate surface area is 67.6 Å². The zero-order valence-electron chi connectivity index (χ0n) is 7.30. The van der Waals surface area contributed by atoms with Crippen molar-refractivity contribution in [1.82, 2.24) is 0 Å². The quantitative estimate of drug-likeness (QED) is 0.517. The van der Waals surface area contributed by atoms with E-state index in [4.69, 9.17) is 15.7 Å². The van der Waals surface area contributed by atoms with Crippen LogP contribution < -0.4 is 0 Å². The Balaban J connectivity index is 3.46. The molecule has 2 unspecified atom stereocenters. The molecule has 0 amide bonds. The summed E-state index contributed by atoms with van der Waals surface area (Å²) in [6, 6.07) is 0. The van der Waals surface area contributed by atoms with Gasteiger partial charge in [-0.3, -0.25) is 0 Å². The summed E-state index contributed by atoms with van der Waals surface area (Å²) >= 11 is 0. The van der Waals surface area contributed by atoms with E-state index in [1.54, 1.807) is 0 Å². The first kappa shape index (κ1) is 10.1. The molecule has 0 heterocycles. The molecule has 2 heteroatoms. The maximum Gasteiger partial charge on any atom is 0.0693 e. The standard InChI is InChI=1S/C8H16B2/c1-4-6(2)5-8(10)7(3)9/h6-8H,4-5H2,1-3H3/t6?,7?,8-/m0/s1. The zero-order valence-corrected chi connectivity index (χ0v) is 7.30. The molecule has 0 rings (SSSR count). The third-order valence-electron chi connectivity index (χ3n) is 2.05. The van der Waals surface area contributed by atoms with Gasteiger partial charge >= 0.3 is 0 Å². The van der Waals surface area contributed by atoms with Gasteiger partial charge in [0, 0.05) is 0 Å². The Hall–Kier alpha value is 0.130. The van der Waals surface area contributed by atoms with E-state index in [-0.39, 0.29) is 11.6 Å². The highest BCUT2D eigenvalue weighted by molar-refractivity contribution is 6.21. The molecule has 10 heavy (non-hydrogen) atoms. The average molecular weight is 134 g/mol. The molecule has 0 bridgehead atoms. The van der Waals surface area contributed by atoms with Crippen molar-refractivity contribution in [2.45, 2.75) is 45.2 Å². The second kappa shape index (κ2) is 4.87. The fourth-order valence-electron chi connectivity index (χ4n) is 0.846. The van der Waals surface area contributed by atoms with Gasteiger partial charge in [0.2, 0.25) is 0 Å². The number of hydrogen-bond donors (Lipinski definition) is 0. The monoisotopic (exact) mass is 134 g/mol. The van der Waals surface area contributed by atoms with E-state index in [0.717, 1.165) is 6.42 Å². The van der Waals surface area contributed by atoms with Gasteiger partial charge in [-0.2, -0.15) is 0 Å². The summed E-state index contributed by atoms with van der Waals surface area (Å²) in [5, 5.41) is 0. The minimum Gasteiger partial charge on any atom is -0.0850 e. The van der Waals surface area contributed by atoms with Gasteiger partial charge in [0.05, 0.1) is 15.7 Å². The molecule has 0 nitrogen and oxygen atoms in total. The molecule has 0 N–H and O–H groups in total. The molecule has 0 aliphatic rings. The normalized spacial score (nSPS) is 19.9. The van der Waals surface area contributed by atoms with Crippen LogP contribution >= 0.6 is 0 Å². The Morgan fingerprint density at radius 1 is 1.20 bits per heavy atom. The molecule has 0 aromatic heterocycles. The highest BCUT2D eigenvalue weighted by Crippen LogP contribution is 2.25. The highest BCUT2D eigenvalue weighted by atomic mass is 14.1. The summed E-state index contributed by atoms with van der Waals surface area (Å²) in [5.41, 5.74) is 0. The van der Waals surface area contributed by atoms with Crippen molar-refractivity contribution in [2.24, 2.45) is 5.92 Å². The lowest BCUT2D eigenvalue weighted by atomic mass is 9.64. The molecule has 3 atom stereocenters. The van der Waals surface area contributed by atoms with E-state index in [2.05, 4.69) is 13.8 Å². The van der Waals surface area contributed by atoms with Crippen molar-refractivity contribution in [3.05, 3.63) is 0 Å². The lowest BCUT2D eigenvalue weighted by molar-refractivity contribution is 0.492. The van der Waals surface area contributed by atoms with Gasteiger partial charge in [-0.1, -0.05) is 45.2 Å². The predicted octanol–water partition coefficient (Wildman–Crippen LogP) is 2.36. The summed E-state index contributed by atoms with van der Waals surface area (Å²) < 4.78 is 0. The molecule has 0 aliphatic carbocycles. The van der Waals surface area contributed by atoms with Crippen LogP contribution in [0.2, 0.25) is 11.6 Å². The van der Waals surface area contributed by atoms with Crippen LogP contribution in [-0.2, 0) is 0 Å². The average Bonchev–Trinajstić information content (AvgIpc) is 1.87. The van der Waals surface area contributed by atoms with Crippen molar-refractivity contribution in [1.29, 1.82) is 0 Å². The Kier molecular flexibility index (Phi) is 4.93. The molecule has 0 spiro atoms. The highest BCUT2D eigenvalue weighted by Gasteiger charge is 2.09. The molecule has 54 valence electrons. The molecule has 0 saturated carbocycles. The number of hydrogen-bond acceptors (Lipinski definition) is 0. The number of rotatable bonds is 4. The smallest absolute Gasteiger partial charge is 0.0693 e. The predicted molar refractivity (Wildman–Crippen MR) is 48.8 cm³/mol. The van der Waals surface area contributed by atoms with Crippen molar-refractivity contribution >= 4 is 15.7 Å². The SMILES string of the molecule is [B]C(C)[C@@H]([B])CC(C)CC. The van der Waals surface area contributed by atoms with Crippen LogP contribution in [0.25, 0.3) is 0 Å². The molecular weight excluding hydrogens is 118 g/mol. The van der Waals surface area contributed by atoms with Gasteiger partial charge in [0.1, 0.15) is 0 Å². The molecule has 0 aromatic rings. The maximum atomic E-state index is 5.77. The summed E-state index contributed by atoms with van der Waals surface area (Å²) in [5.74, 6) is 1.02. The lowest BCUT2D eigenvalue weighted by Crippen LogP contribution is -2.05. The topological polar surface area (TPSA) is 0 Å². The van der Waals surface area contributed by atoms with Gasteiger partial charge in [0.25, 0.3) is 0 Å². The van der Waals surface area contributed by atoms with Crippen molar-refractivity contribution in [3.63, 3.8) is 0 Å². The summed E-state index contributed by atoms with van der Waals surface area (Å²) in [6.45, 7) is 6.36. The van der Waals surface area contributed by atoms with Gasteiger partial charge in [0.15, 0.2) is 0 Å². The third-order valence-corrected chi connectivity index (χ3v) is 2.05. The summed E-state index contributed by atoms with van der Waals surface area (Å²) in [7, 11) is 11.4. The first-order valence-electron chi connectivity index (χ1n) is 4.09. The van der Waals surface area contributed by atoms with Crippen molar-refractivity contribution < 1.29 is 0 Å². The van der Waals surface area contributed by atoms with Gasteiger partial charge in [-0.05, 0) is 5.92 Å². The van der Waals surface area contributed by atoms with E-state index >= 15 is 0 Å². The van der Waals surface area contributed by atoms with Crippen LogP contribution in [0.15, 0.2) is 0 Å². The van der Waals surface area contributed by atoms with Crippen LogP contribution in [-0.4, -0.2) is 15.7 Å². The fraction of sp³-hybridized carbons (Fsp3) is 1.00. The lowest BCUT2D eigenvalue weighted by Gasteiger charge is -2.19. The van der Waals surface area contributed by atoms with E-state index in [1.807, 2.05) is 6.92 Å². The van der Waals surface area contributed by atoms with Gasteiger partial charge in [-0.25, -0.2) is 0 Å². The molecule has 0 aromatic carbocycles. The Morgan fingerprint density at radius 2 is 1.70 bits per heavy atom. The third kappa shape index (κ3) is 4.03. The fourth-order valence-corrected chi connectivity index (χ4v) is 0.846. The molecule has 0 fully saturated rings. The Bertz CT molecular complexity index is 81.3. The molecular formula is C8H16B2. The Morgan fingerprint density at radius 3 is 2.00 bits per heavy atom. The van der Waals surface area contributed by atoms with Crippen molar-refractivity contribution in [3.8, 4) is 0 Å². The summed E-state index contributed by atoms with van der Waals surface area (Å²) in [6.07, 6.45) is 2.24. The first-order chi connectivity index (χ1) is 4.57. The van der Waals surface area contributed by atoms with Crippen LogP contribution in [0.3, 0.4) is 0 Å². The molecule has 0 aliphatic heterocycles. The maximum absolute atomic E-state index is 5.77. The van der Waals surface area contributed by atoms with Crippen LogP contribution in [0.5, 0.6) is 0 Å². The van der Waals surface area contributed by atoms with E-state index in [1.165, 1.54) is 6.42 Å². The van der Waals surface area contributed by atoms with Gasteiger partial charge in [-0.15, -0.1) is 0 Å². The molecule has 0 saturated heterocycles. The first-order valence-corrected chi connectivity index (χ1v) is 4.09. The van der Waals surface area contributed by atoms with Gasteiger partial charge < -0.3 is 0 Å². The largest absolute Gasteiger partial charge is 0.0850 e. The molecule has 4 radical (unpaired) electrons. The van der Waals surface area contributed by atoms with E-state index in [9.17, 15) is 0 Å². The van der Waals surface area contributed by atoms with E-state index < -0.39 is 0 Å². The van der Waals surface area contributed by atoms with Crippen LogP contribution in [0.4, 0.5) is 0 Å². The second-order valence-corrected chi connectivity index (χ2v) is 3.27. The second-order valence-electron chi connectivity index (χ2n) is 3.27. The van der Waals surface area contributed by atoms with Crippen LogP contribution in [0.1, 0.15) is 33.6 Å². The zero-order chi connectivity index (χ0) is 8.15.